The fraction of sp³-hybridized carbons (Fsp3) is 0.368. The minimum absolute atomic E-state index is 0.118. The second kappa shape index (κ2) is 6.69. The van der Waals surface area contributed by atoms with Gasteiger partial charge in [-0.3, -0.25) is 0 Å². The van der Waals surface area contributed by atoms with Crippen LogP contribution in [0.4, 0.5) is 4.39 Å². The molecule has 5 heteroatoms. The van der Waals surface area contributed by atoms with Crippen LogP contribution < -0.4 is 19.5 Å². The molecule has 126 valence electrons. The summed E-state index contributed by atoms with van der Waals surface area (Å²) in [5, 5.41) is 2.80. The van der Waals surface area contributed by atoms with Gasteiger partial charge in [0.05, 0.1) is 6.61 Å². The number of rotatable bonds is 4. The molecule has 2 aliphatic rings. The molecule has 0 saturated carbocycles. The van der Waals surface area contributed by atoms with Gasteiger partial charge in [0.2, 0.25) is 6.75 Å². The van der Waals surface area contributed by atoms with Gasteiger partial charge in [-0.1, -0.05) is 12.1 Å². The molecule has 1 saturated heterocycles. The van der Waals surface area contributed by atoms with Gasteiger partial charge < -0.3 is 19.5 Å². The van der Waals surface area contributed by atoms with E-state index in [9.17, 15) is 4.39 Å². The van der Waals surface area contributed by atoms with Gasteiger partial charge in [0, 0.05) is 22.6 Å². The van der Waals surface area contributed by atoms with Gasteiger partial charge in [-0.25, -0.2) is 4.39 Å². The van der Waals surface area contributed by atoms with Gasteiger partial charge in [-0.05, 0) is 48.7 Å². The van der Waals surface area contributed by atoms with Gasteiger partial charge in [0.1, 0.15) is 14.3 Å². The zero-order valence-electron chi connectivity index (χ0n) is 17.8. The summed E-state index contributed by atoms with van der Waals surface area (Å²) in [4.78, 5) is 0. The van der Waals surface area contributed by atoms with Crippen molar-refractivity contribution in [3.8, 4) is 17.2 Å². The Balaban J connectivity index is 1.57. The van der Waals surface area contributed by atoms with E-state index in [4.69, 9.17) is 21.1 Å². The molecule has 24 heavy (non-hydrogen) atoms. The number of ether oxygens (including phenoxy) is 3. The Morgan fingerprint density at radius 1 is 1.21 bits per heavy atom. The molecule has 0 aliphatic carbocycles. The lowest BCUT2D eigenvalue weighted by Gasteiger charge is -2.32. The minimum Gasteiger partial charge on any atom is -0.493 e. The Morgan fingerprint density at radius 2 is 2.04 bits per heavy atom. The van der Waals surface area contributed by atoms with E-state index in [1.807, 2.05) is 0 Å². The van der Waals surface area contributed by atoms with Crippen molar-refractivity contribution in [3.63, 3.8) is 0 Å². The molecule has 4 nitrogen and oxygen atoms in total. The molecule has 0 aromatic heterocycles. The van der Waals surface area contributed by atoms with Crippen molar-refractivity contribution in [2.75, 3.05) is 26.4 Å². The third kappa shape index (κ3) is 3.17. The molecule has 2 aromatic rings. The van der Waals surface area contributed by atoms with Crippen LogP contribution in [0.15, 0.2) is 42.5 Å². The topological polar surface area (TPSA) is 39.7 Å². The lowest BCUT2D eigenvalue weighted by molar-refractivity contribution is 0.173. The largest absolute Gasteiger partial charge is 0.493 e. The molecule has 0 spiro atoms. The third-order valence-corrected chi connectivity index (χ3v) is 4.07. The Bertz CT molecular complexity index is 911. The maximum atomic E-state index is 13.3. The summed E-state index contributed by atoms with van der Waals surface area (Å²) in [6.45, 7) is -3.93. The number of hydrogen-bond acceptors (Lipinski definition) is 4. The standard InChI is InChI=1S/C19H20FNO3/c20-15-3-1-13(2-4-15)17-7-8-21-10-14(17)11-22-16-5-6-18-19(9-16)24-12-23-18/h1-6,9,14,17,21H,7-8,10-12H2/t14?,17-/m0/s1/i10D2,12D2,17D. The summed E-state index contributed by atoms with van der Waals surface area (Å²) < 4.78 is 69.9. The maximum Gasteiger partial charge on any atom is 0.231 e. The summed E-state index contributed by atoms with van der Waals surface area (Å²) in [7, 11) is 0. The molecular weight excluding hydrogens is 309 g/mol. The van der Waals surface area contributed by atoms with Crippen LogP contribution in [-0.2, 0) is 0 Å². The van der Waals surface area contributed by atoms with Crippen molar-refractivity contribution in [1.82, 2.24) is 5.32 Å². The molecule has 0 bridgehead atoms. The van der Waals surface area contributed by atoms with Crippen LogP contribution in [0.1, 0.15) is 24.7 Å². The predicted octanol–water partition coefficient (Wildman–Crippen LogP) is 3.33. The first-order valence-electron chi connectivity index (χ1n) is 10.3. The molecule has 1 N–H and O–H groups in total. The van der Waals surface area contributed by atoms with E-state index in [1.54, 1.807) is 6.07 Å². The molecule has 0 amide bonds. The van der Waals surface area contributed by atoms with E-state index < -0.39 is 30.9 Å². The number of hydrogen-bond donors (Lipinski definition) is 1. The van der Waals surface area contributed by atoms with Gasteiger partial charge in [0.25, 0.3) is 0 Å². The summed E-state index contributed by atoms with van der Waals surface area (Å²) in [5.74, 6) is -1.83. The van der Waals surface area contributed by atoms with Crippen LogP contribution in [-0.4, -0.2) is 26.4 Å². The number of halogens is 1. The van der Waals surface area contributed by atoms with Crippen LogP contribution in [0.3, 0.4) is 0 Å². The first-order valence-corrected chi connectivity index (χ1v) is 7.75. The quantitative estimate of drug-likeness (QED) is 0.931. The van der Waals surface area contributed by atoms with Crippen LogP contribution in [0.5, 0.6) is 17.2 Å². The summed E-state index contributed by atoms with van der Waals surface area (Å²) in [6.07, 6.45) is 0.341. The highest BCUT2D eigenvalue weighted by Gasteiger charge is 2.27. The SMILES string of the molecule is [2H]C1([2H])Oc2ccc(OCC3C([2H])([2H])NCC[C@@]3([2H])c3ccc(F)cc3)cc2O1. The number of fused-ring (bicyclic) bond motifs is 1. The number of nitrogens with one attached hydrogen (secondary N) is 1. The molecule has 0 radical (unpaired) electrons. The highest BCUT2D eigenvalue weighted by Crippen LogP contribution is 2.36. The molecule has 1 fully saturated rings. The Morgan fingerprint density at radius 3 is 2.92 bits per heavy atom. The van der Waals surface area contributed by atoms with Crippen LogP contribution in [0.25, 0.3) is 0 Å². The van der Waals surface area contributed by atoms with Crippen LogP contribution >= 0.6 is 0 Å². The van der Waals surface area contributed by atoms with E-state index >= 15 is 0 Å². The highest BCUT2D eigenvalue weighted by atomic mass is 19.1. The first kappa shape index (κ1) is 10.6. The van der Waals surface area contributed by atoms with Crippen molar-refractivity contribution < 1.29 is 25.5 Å². The van der Waals surface area contributed by atoms with Crippen molar-refractivity contribution in [1.29, 1.82) is 0 Å². The Hall–Kier alpha value is -2.27. The highest BCUT2D eigenvalue weighted by molar-refractivity contribution is 5.46. The van der Waals surface area contributed by atoms with Crippen molar-refractivity contribution in [3.05, 3.63) is 53.8 Å². The van der Waals surface area contributed by atoms with Crippen LogP contribution in [0.2, 0.25) is 0 Å². The van der Waals surface area contributed by atoms with Gasteiger partial charge >= 0.3 is 0 Å². The average Bonchev–Trinajstić information content (AvgIpc) is 2.94. The number of benzene rings is 2. The van der Waals surface area contributed by atoms with E-state index in [1.165, 1.54) is 36.4 Å². The van der Waals surface area contributed by atoms with Crippen LogP contribution in [0, 0.1) is 11.7 Å². The normalized spacial score (nSPS) is 32.7. The lowest BCUT2D eigenvalue weighted by atomic mass is 9.81. The first-order chi connectivity index (χ1) is 13.6. The van der Waals surface area contributed by atoms with E-state index in [0.717, 1.165) is 0 Å². The maximum absolute atomic E-state index is 13.3. The molecule has 2 atom stereocenters. The van der Waals surface area contributed by atoms with Gasteiger partial charge in [-0.15, -0.1) is 0 Å². The second-order valence-corrected chi connectivity index (χ2v) is 5.61. The zero-order chi connectivity index (χ0) is 20.9. The predicted molar refractivity (Wildman–Crippen MR) is 88.2 cm³/mol. The monoisotopic (exact) mass is 334 g/mol. The minimum atomic E-state index is -2.25. The fourth-order valence-corrected chi connectivity index (χ4v) is 2.84. The van der Waals surface area contributed by atoms with Crippen molar-refractivity contribution in [2.45, 2.75) is 12.3 Å². The third-order valence-electron chi connectivity index (χ3n) is 4.07. The number of piperidine rings is 1. The molecule has 2 aliphatic heterocycles. The molecule has 1 unspecified atom stereocenters. The summed E-state index contributed by atoms with van der Waals surface area (Å²) >= 11 is 0. The fourth-order valence-electron chi connectivity index (χ4n) is 2.84. The molecular formula is C19H20FNO3. The average molecular weight is 334 g/mol. The smallest absolute Gasteiger partial charge is 0.231 e. The van der Waals surface area contributed by atoms with E-state index in [0.29, 0.717) is 24.3 Å². The Kier molecular flexibility index (Phi) is 2.95. The zero-order valence-corrected chi connectivity index (χ0v) is 12.8. The Labute approximate surface area is 147 Å². The lowest BCUT2D eigenvalue weighted by Crippen LogP contribution is -2.38. The van der Waals surface area contributed by atoms with E-state index in [2.05, 4.69) is 5.32 Å². The van der Waals surface area contributed by atoms with Crippen molar-refractivity contribution in [2.24, 2.45) is 5.92 Å². The van der Waals surface area contributed by atoms with Gasteiger partial charge in [-0.2, -0.15) is 0 Å². The second-order valence-electron chi connectivity index (χ2n) is 5.61. The summed E-state index contributed by atoms with van der Waals surface area (Å²) in [5.41, 5.74) is 0.525. The van der Waals surface area contributed by atoms with Gasteiger partial charge in [0.15, 0.2) is 11.5 Å². The summed E-state index contributed by atoms with van der Waals surface area (Å²) in [6, 6.07) is 10.1. The van der Waals surface area contributed by atoms with E-state index in [-0.39, 0.29) is 18.1 Å². The van der Waals surface area contributed by atoms with Crippen molar-refractivity contribution >= 4 is 0 Å². The molecule has 4 rings (SSSR count). The molecule has 2 heterocycles. The molecule has 2 aromatic carbocycles.